The summed E-state index contributed by atoms with van der Waals surface area (Å²) in [7, 11) is 0. The summed E-state index contributed by atoms with van der Waals surface area (Å²) in [4.78, 5) is 30.1. The van der Waals surface area contributed by atoms with E-state index in [4.69, 9.17) is 4.74 Å². The van der Waals surface area contributed by atoms with E-state index in [0.717, 1.165) is 5.56 Å². The fraction of sp³-hybridized carbons (Fsp3) is 0.0870. The Bertz CT molecular complexity index is 1250. The molecule has 2 aromatic heterocycles. The van der Waals surface area contributed by atoms with Crippen LogP contribution in [0.5, 0.6) is 0 Å². The number of benzene rings is 2. The molecule has 0 fully saturated rings. The lowest BCUT2D eigenvalue weighted by atomic mass is 10.0. The van der Waals surface area contributed by atoms with Gasteiger partial charge in [-0.3, -0.25) is 14.3 Å². The largest absolute Gasteiger partial charge is 0.457 e. The molecule has 2 aromatic carbocycles. The quantitative estimate of drug-likeness (QED) is 0.492. The zero-order valence-corrected chi connectivity index (χ0v) is 15.6. The Morgan fingerprint density at radius 1 is 1.07 bits per heavy atom. The van der Waals surface area contributed by atoms with E-state index in [-0.39, 0.29) is 22.9 Å². The van der Waals surface area contributed by atoms with Crippen LogP contribution in [0.25, 0.3) is 16.5 Å². The minimum absolute atomic E-state index is 0.0714. The number of rotatable bonds is 4. The van der Waals surface area contributed by atoms with Crippen molar-refractivity contribution < 1.29 is 13.9 Å². The Balaban J connectivity index is 1.90. The first kappa shape index (κ1) is 18.6. The normalized spacial score (nSPS) is 10.8. The summed E-state index contributed by atoms with van der Waals surface area (Å²) in [6.07, 6.45) is 3.06. The SMILES string of the molecule is Cc1c(C(=O)OCc2ccccc2)c2cccc(F)c2c(=O)n1-c1cccnc1. The topological polar surface area (TPSA) is 61.2 Å². The van der Waals surface area contributed by atoms with E-state index < -0.39 is 17.3 Å². The molecule has 0 amide bonds. The molecule has 0 saturated heterocycles. The number of esters is 1. The van der Waals surface area contributed by atoms with E-state index in [1.165, 1.54) is 22.9 Å². The van der Waals surface area contributed by atoms with Gasteiger partial charge in [0.1, 0.15) is 12.4 Å². The molecule has 0 radical (unpaired) electrons. The first-order valence-corrected chi connectivity index (χ1v) is 9.03. The van der Waals surface area contributed by atoms with E-state index in [1.54, 1.807) is 31.3 Å². The smallest absolute Gasteiger partial charge is 0.340 e. The van der Waals surface area contributed by atoms with E-state index in [1.807, 2.05) is 30.3 Å². The maximum atomic E-state index is 14.6. The molecule has 29 heavy (non-hydrogen) atoms. The molecule has 0 aliphatic carbocycles. The molecule has 144 valence electrons. The third-order valence-electron chi connectivity index (χ3n) is 4.72. The highest BCUT2D eigenvalue weighted by Gasteiger charge is 2.23. The number of fused-ring (bicyclic) bond motifs is 1. The van der Waals surface area contributed by atoms with E-state index in [0.29, 0.717) is 11.4 Å². The fourth-order valence-electron chi connectivity index (χ4n) is 3.37. The Kier molecular flexibility index (Phi) is 4.91. The number of nitrogens with zero attached hydrogens (tertiary/aromatic N) is 2. The molecule has 6 heteroatoms. The molecular weight excluding hydrogens is 371 g/mol. The molecule has 0 spiro atoms. The van der Waals surface area contributed by atoms with Gasteiger partial charge in [0, 0.05) is 17.3 Å². The van der Waals surface area contributed by atoms with Crippen molar-refractivity contribution in [1.82, 2.24) is 9.55 Å². The summed E-state index contributed by atoms with van der Waals surface area (Å²) in [6.45, 7) is 1.71. The summed E-state index contributed by atoms with van der Waals surface area (Å²) in [5, 5.41) is 0.0688. The van der Waals surface area contributed by atoms with Gasteiger partial charge in [0.2, 0.25) is 0 Å². The second kappa shape index (κ2) is 7.67. The highest BCUT2D eigenvalue weighted by Crippen LogP contribution is 2.24. The molecule has 0 unspecified atom stereocenters. The van der Waals surface area contributed by atoms with Gasteiger partial charge in [-0.1, -0.05) is 42.5 Å². The Morgan fingerprint density at radius 2 is 1.86 bits per heavy atom. The van der Waals surface area contributed by atoms with E-state index in [2.05, 4.69) is 4.98 Å². The minimum Gasteiger partial charge on any atom is -0.457 e. The highest BCUT2D eigenvalue weighted by molar-refractivity contribution is 6.05. The lowest BCUT2D eigenvalue weighted by Gasteiger charge is -2.17. The average Bonchev–Trinajstić information content (AvgIpc) is 2.74. The maximum absolute atomic E-state index is 14.6. The number of halogens is 1. The summed E-state index contributed by atoms with van der Waals surface area (Å²) in [6, 6.07) is 16.8. The zero-order chi connectivity index (χ0) is 20.4. The van der Waals surface area contributed by atoms with E-state index >= 15 is 0 Å². The number of hydrogen-bond acceptors (Lipinski definition) is 4. The predicted octanol–water partition coefficient (Wildman–Crippen LogP) is 4.19. The molecule has 4 rings (SSSR count). The van der Waals surface area contributed by atoms with Gasteiger partial charge < -0.3 is 4.74 Å². The van der Waals surface area contributed by atoms with Crippen LogP contribution in [0.3, 0.4) is 0 Å². The van der Waals surface area contributed by atoms with E-state index in [9.17, 15) is 14.0 Å². The highest BCUT2D eigenvalue weighted by atomic mass is 19.1. The van der Waals surface area contributed by atoms with Crippen molar-refractivity contribution in [3.63, 3.8) is 0 Å². The summed E-state index contributed by atoms with van der Waals surface area (Å²) in [5.41, 5.74) is 1.23. The number of pyridine rings is 2. The van der Waals surface area contributed by atoms with Crippen LogP contribution in [-0.4, -0.2) is 15.5 Å². The van der Waals surface area contributed by atoms with Crippen molar-refractivity contribution in [3.05, 3.63) is 106 Å². The molecule has 2 heterocycles. The van der Waals surface area contributed by atoms with Crippen LogP contribution in [0.2, 0.25) is 0 Å². The summed E-state index contributed by atoms with van der Waals surface area (Å²) in [5.74, 6) is -1.32. The Hall–Kier alpha value is -3.80. The number of carbonyl (C=O) groups excluding carboxylic acids is 1. The van der Waals surface area contributed by atoms with Crippen LogP contribution in [0.1, 0.15) is 21.6 Å². The van der Waals surface area contributed by atoms with Crippen molar-refractivity contribution in [3.8, 4) is 5.69 Å². The first-order valence-electron chi connectivity index (χ1n) is 9.03. The molecule has 0 aliphatic rings. The van der Waals surface area contributed by atoms with Gasteiger partial charge in [-0.15, -0.1) is 0 Å². The number of hydrogen-bond donors (Lipinski definition) is 0. The van der Waals surface area contributed by atoms with Crippen molar-refractivity contribution in [2.45, 2.75) is 13.5 Å². The van der Waals surface area contributed by atoms with Crippen LogP contribution >= 0.6 is 0 Å². The molecule has 5 nitrogen and oxygen atoms in total. The molecule has 0 atom stereocenters. The van der Waals surface area contributed by atoms with Crippen molar-refractivity contribution in [2.75, 3.05) is 0 Å². The maximum Gasteiger partial charge on any atom is 0.340 e. The molecule has 0 bridgehead atoms. The van der Waals surface area contributed by atoms with Gasteiger partial charge in [-0.05, 0) is 30.7 Å². The zero-order valence-electron chi connectivity index (χ0n) is 15.6. The van der Waals surface area contributed by atoms with Crippen LogP contribution < -0.4 is 5.56 Å². The number of ether oxygens (including phenoxy) is 1. The van der Waals surface area contributed by atoms with Crippen LogP contribution in [0, 0.1) is 12.7 Å². The van der Waals surface area contributed by atoms with Gasteiger partial charge in [-0.2, -0.15) is 0 Å². The fourth-order valence-corrected chi connectivity index (χ4v) is 3.37. The third-order valence-corrected chi connectivity index (χ3v) is 4.72. The summed E-state index contributed by atoms with van der Waals surface area (Å²) < 4.78 is 21.4. The Labute approximate surface area is 166 Å². The van der Waals surface area contributed by atoms with Gasteiger partial charge >= 0.3 is 5.97 Å². The molecule has 0 aliphatic heterocycles. The van der Waals surface area contributed by atoms with Gasteiger partial charge in [0.05, 0.1) is 22.8 Å². The Morgan fingerprint density at radius 3 is 2.59 bits per heavy atom. The molecule has 0 N–H and O–H groups in total. The first-order chi connectivity index (χ1) is 14.1. The average molecular weight is 388 g/mol. The van der Waals surface area contributed by atoms with Crippen LogP contribution in [-0.2, 0) is 11.3 Å². The molecule has 0 saturated carbocycles. The minimum atomic E-state index is -0.692. The summed E-state index contributed by atoms with van der Waals surface area (Å²) >= 11 is 0. The van der Waals surface area contributed by atoms with Gasteiger partial charge in [0.25, 0.3) is 5.56 Å². The van der Waals surface area contributed by atoms with Gasteiger partial charge in [-0.25, -0.2) is 9.18 Å². The monoisotopic (exact) mass is 388 g/mol. The van der Waals surface area contributed by atoms with Crippen molar-refractivity contribution in [1.29, 1.82) is 0 Å². The third kappa shape index (κ3) is 3.40. The number of carbonyl (C=O) groups is 1. The second-order valence-electron chi connectivity index (χ2n) is 6.54. The van der Waals surface area contributed by atoms with Crippen LogP contribution in [0.4, 0.5) is 4.39 Å². The van der Waals surface area contributed by atoms with Crippen molar-refractivity contribution in [2.24, 2.45) is 0 Å². The lowest BCUT2D eigenvalue weighted by molar-refractivity contribution is 0.0473. The lowest BCUT2D eigenvalue weighted by Crippen LogP contribution is -2.25. The predicted molar refractivity (Wildman–Crippen MR) is 108 cm³/mol. The molecule has 4 aromatic rings. The van der Waals surface area contributed by atoms with Gasteiger partial charge in [0.15, 0.2) is 0 Å². The van der Waals surface area contributed by atoms with Crippen LogP contribution in [0.15, 0.2) is 77.9 Å². The number of aromatic nitrogens is 2. The van der Waals surface area contributed by atoms with Crippen molar-refractivity contribution >= 4 is 16.7 Å². The standard InChI is InChI=1S/C23H17FN2O3/c1-15-20(23(28)29-14-16-7-3-2-4-8-16)18-10-5-11-19(24)21(18)22(27)26(15)17-9-6-12-25-13-17/h2-13H,14H2,1H3. The molecular formula is C23H17FN2O3. The second-order valence-corrected chi connectivity index (χ2v) is 6.54.